The lowest BCUT2D eigenvalue weighted by atomic mass is 9.98. The number of nitrogens with zero attached hydrogens (tertiary/aromatic N) is 1. The molecule has 0 bridgehead atoms. The molecule has 1 aromatic heterocycles. The summed E-state index contributed by atoms with van der Waals surface area (Å²) < 4.78 is 20.1. The maximum absolute atomic E-state index is 14.4. The van der Waals surface area contributed by atoms with Crippen LogP contribution in [0.3, 0.4) is 0 Å². The number of halogens is 1. The normalized spacial score (nSPS) is 16.3. The highest BCUT2D eigenvalue weighted by Crippen LogP contribution is 2.38. The summed E-state index contributed by atoms with van der Waals surface area (Å²) in [5, 5.41) is 0.371. The predicted octanol–water partition coefficient (Wildman–Crippen LogP) is 3.66. The number of carbonyl (C=O) groups is 1. The van der Waals surface area contributed by atoms with Gasteiger partial charge < -0.3 is 9.32 Å². The highest BCUT2D eigenvalue weighted by molar-refractivity contribution is 5.99. The maximum Gasteiger partial charge on any atom is 0.291 e. The number of benzene rings is 2. The molecular weight excluding hydrogens is 321 g/mol. The van der Waals surface area contributed by atoms with Crippen molar-refractivity contribution in [3.05, 3.63) is 94.1 Å². The molecule has 25 heavy (non-hydrogen) atoms. The van der Waals surface area contributed by atoms with Crippen LogP contribution in [0.25, 0.3) is 11.0 Å². The average Bonchev–Trinajstić information content (AvgIpc) is 2.89. The van der Waals surface area contributed by atoms with E-state index in [2.05, 4.69) is 6.58 Å². The molecule has 0 unspecified atom stereocenters. The molecule has 0 saturated carbocycles. The Morgan fingerprint density at radius 2 is 1.84 bits per heavy atom. The molecule has 124 valence electrons. The molecule has 5 heteroatoms. The SMILES string of the molecule is C=CCN1C(=O)c2oc3ccccc3c(=O)c2[C@H]1c1ccccc1F. The molecule has 0 N–H and O–H groups in total. The van der Waals surface area contributed by atoms with Crippen LogP contribution in [0.5, 0.6) is 0 Å². The molecule has 1 aliphatic rings. The first-order valence-electron chi connectivity index (χ1n) is 7.85. The van der Waals surface area contributed by atoms with Gasteiger partial charge in [-0.2, -0.15) is 0 Å². The van der Waals surface area contributed by atoms with E-state index in [-0.39, 0.29) is 28.9 Å². The molecule has 1 amide bonds. The Labute approximate surface area is 142 Å². The van der Waals surface area contributed by atoms with Gasteiger partial charge >= 0.3 is 0 Å². The first-order chi connectivity index (χ1) is 12.1. The minimum absolute atomic E-state index is 0.0289. The molecular formula is C20H14FNO3. The summed E-state index contributed by atoms with van der Waals surface area (Å²) >= 11 is 0. The van der Waals surface area contributed by atoms with Crippen molar-refractivity contribution in [2.75, 3.05) is 6.54 Å². The summed E-state index contributed by atoms with van der Waals surface area (Å²) in [5.74, 6) is -0.945. The molecule has 4 nitrogen and oxygen atoms in total. The van der Waals surface area contributed by atoms with Gasteiger partial charge in [0.25, 0.3) is 5.91 Å². The number of hydrogen-bond acceptors (Lipinski definition) is 3. The van der Waals surface area contributed by atoms with Crippen molar-refractivity contribution < 1.29 is 13.6 Å². The lowest BCUT2D eigenvalue weighted by Crippen LogP contribution is -2.30. The lowest BCUT2D eigenvalue weighted by molar-refractivity contribution is 0.0746. The second-order valence-electron chi connectivity index (χ2n) is 5.84. The van der Waals surface area contributed by atoms with Gasteiger partial charge in [0.2, 0.25) is 5.76 Å². The number of hydrogen-bond donors (Lipinski definition) is 0. The quantitative estimate of drug-likeness (QED) is 0.686. The Balaban J connectivity index is 2.06. The van der Waals surface area contributed by atoms with E-state index in [1.807, 2.05) is 0 Å². The van der Waals surface area contributed by atoms with Crippen LogP contribution in [0.1, 0.15) is 27.7 Å². The molecule has 3 aromatic rings. The van der Waals surface area contributed by atoms with Gasteiger partial charge in [-0.1, -0.05) is 36.4 Å². The third-order valence-electron chi connectivity index (χ3n) is 4.40. The maximum atomic E-state index is 14.4. The van der Waals surface area contributed by atoms with Crippen molar-refractivity contribution >= 4 is 16.9 Å². The number of rotatable bonds is 3. The first kappa shape index (κ1) is 15.3. The van der Waals surface area contributed by atoms with E-state index in [0.29, 0.717) is 11.0 Å². The molecule has 4 rings (SSSR count). The molecule has 0 spiro atoms. The second kappa shape index (κ2) is 5.70. The third-order valence-corrected chi connectivity index (χ3v) is 4.40. The standard InChI is InChI=1S/C20H14FNO3/c1-2-11-22-17(12-7-3-5-9-14(12)21)16-18(23)13-8-4-6-10-15(13)25-19(16)20(22)24/h2-10,17H,1,11H2/t17-/m1/s1. The zero-order valence-electron chi connectivity index (χ0n) is 13.2. The fourth-order valence-electron chi connectivity index (χ4n) is 3.31. The van der Waals surface area contributed by atoms with Crippen LogP contribution in [0.15, 0.2) is 70.4 Å². The Morgan fingerprint density at radius 3 is 2.60 bits per heavy atom. The van der Waals surface area contributed by atoms with Crippen molar-refractivity contribution in [1.29, 1.82) is 0 Å². The molecule has 0 aliphatic carbocycles. The van der Waals surface area contributed by atoms with Gasteiger partial charge in [0, 0.05) is 12.1 Å². The molecule has 2 heterocycles. The summed E-state index contributed by atoms with van der Waals surface area (Å²) in [6.07, 6.45) is 1.54. The van der Waals surface area contributed by atoms with Crippen LogP contribution in [0.2, 0.25) is 0 Å². The third kappa shape index (κ3) is 2.20. The van der Waals surface area contributed by atoms with Gasteiger partial charge in [-0.05, 0) is 18.2 Å². The first-order valence-corrected chi connectivity index (χ1v) is 7.85. The Kier molecular flexibility index (Phi) is 3.50. The Hall–Kier alpha value is -3.21. The average molecular weight is 335 g/mol. The summed E-state index contributed by atoms with van der Waals surface area (Å²) in [7, 11) is 0. The van der Waals surface area contributed by atoms with Gasteiger partial charge in [-0.3, -0.25) is 9.59 Å². The second-order valence-corrected chi connectivity index (χ2v) is 5.84. The summed E-state index contributed by atoms with van der Waals surface area (Å²) in [6.45, 7) is 3.83. The van der Waals surface area contributed by atoms with Crippen LogP contribution in [-0.4, -0.2) is 17.4 Å². The van der Waals surface area contributed by atoms with E-state index in [0.717, 1.165) is 0 Å². The zero-order chi connectivity index (χ0) is 17.6. The van der Waals surface area contributed by atoms with Crippen molar-refractivity contribution in [2.24, 2.45) is 0 Å². The topological polar surface area (TPSA) is 50.5 Å². The van der Waals surface area contributed by atoms with E-state index < -0.39 is 17.8 Å². The Bertz CT molecular complexity index is 1070. The van der Waals surface area contributed by atoms with Gasteiger partial charge in [0.15, 0.2) is 5.43 Å². The number of para-hydroxylation sites is 1. The van der Waals surface area contributed by atoms with Gasteiger partial charge in [0.1, 0.15) is 11.4 Å². The van der Waals surface area contributed by atoms with Crippen LogP contribution in [0, 0.1) is 5.82 Å². The van der Waals surface area contributed by atoms with Crippen molar-refractivity contribution in [3.63, 3.8) is 0 Å². The highest BCUT2D eigenvalue weighted by Gasteiger charge is 2.43. The van der Waals surface area contributed by atoms with E-state index >= 15 is 0 Å². The number of fused-ring (bicyclic) bond motifs is 2. The lowest BCUT2D eigenvalue weighted by Gasteiger charge is -2.24. The molecule has 2 aromatic carbocycles. The minimum atomic E-state index is -0.831. The Morgan fingerprint density at radius 1 is 1.12 bits per heavy atom. The van der Waals surface area contributed by atoms with Crippen molar-refractivity contribution in [1.82, 2.24) is 4.90 Å². The van der Waals surface area contributed by atoms with Crippen molar-refractivity contribution in [2.45, 2.75) is 6.04 Å². The van der Waals surface area contributed by atoms with Gasteiger partial charge in [0.05, 0.1) is 17.0 Å². The monoisotopic (exact) mass is 335 g/mol. The number of carbonyl (C=O) groups excluding carboxylic acids is 1. The van der Waals surface area contributed by atoms with E-state index in [9.17, 15) is 14.0 Å². The van der Waals surface area contributed by atoms with Crippen molar-refractivity contribution in [3.8, 4) is 0 Å². The predicted molar refractivity (Wildman–Crippen MR) is 92.0 cm³/mol. The summed E-state index contributed by atoms with van der Waals surface area (Å²) in [6, 6.07) is 12.0. The zero-order valence-corrected chi connectivity index (χ0v) is 13.2. The molecule has 0 fully saturated rings. The van der Waals surface area contributed by atoms with Crippen LogP contribution in [-0.2, 0) is 0 Å². The fourth-order valence-corrected chi connectivity index (χ4v) is 3.31. The molecule has 0 radical (unpaired) electrons. The summed E-state index contributed by atoms with van der Waals surface area (Å²) in [5.41, 5.74) is 0.465. The van der Waals surface area contributed by atoms with Crippen LogP contribution < -0.4 is 5.43 Å². The molecule has 1 aliphatic heterocycles. The summed E-state index contributed by atoms with van der Waals surface area (Å²) in [4.78, 5) is 27.2. The van der Waals surface area contributed by atoms with Crippen LogP contribution >= 0.6 is 0 Å². The molecule has 0 saturated heterocycles. The number of amides is 1. The van der Waals surface area contributed by atoms with E-state index in [4.69, 9.17) is 4.42 Å². The van der Waals surface area contributed by atoms with E-state index in [1.165, 1.54) is 11.0 Å². The van der Waals surface area contributed by atoms with Gasteiger partial charge in [-0.25, -0.2) is 4.39 Å². The smallest absolute Gasteiger partial charge is 0.291 e. The fraction of sp³-hybridized carbons (Fsp3) is 0.100. The highest BCUT2D eigenvalue weighted by atomic mass is 19.1. The van der Waals surface area contributed by atoms with Gasteiger partial charge in [-0.15, -0.1) is 6.58 Å². The van der Waals surface area contributed by atoms with Crippen LogP contribution in [0.4, 0.5) is 4.39 Å². The largest absolute Gasteiger partial charge is 0.450 e. The van der Waals surface area contributed by atoms with E-state index in [1.54, 1.807) is 48.5 Å². The molecule has 1 atom stereocenters. The minimum Gasteiger partial charge on any atom is -0.450 e.